The van der Waals surface area contributed by atoms with Crippen molar-refractivity contribution in [3.63, 3.8) is 0 Å². The first-order chi connectivity index (χ1) is 7.79. The van der Waals surface area contributed by atoms with E-state index in [0.717, 1.165) is 6.42 Å². The average Bonchev–Trinajstić information content (AvgIpc) is 2.73. The second-order valence-corrected chi connectivity index (χ2v) is 3.58. The van der Waals surface area contributed by atoms with Gasteiger partial charge in [0.1, 0.15) is 18.2 Å². The van der Waals surface area contributed by atoms with E-state index in [4.69, 9.17) is 10.00 Å². The molecular weight excluding hydrogens is 206 g/mol. The summed E-state index contributed by atoms with van der Waals surface area (Å²) in [4.78, 5) is 14.9. The molecule has 1 N–H and O–H groups in total. The summed E-state index contributed by atoms with van der Waals surface area (Å²) >= 11 is 0. The van der Waals surface area contributed by atoms with Gasteiger partial charge in [0.15, 0.2) is 0 Å². The number of nitriles is 1. The third-order valence-corrected chi connectivity index (χ3v) is 2.40. The second kappa shape index (κ2) is 4.62. The Morgan fingerprint density at radius 2 is 2.56 bits per heavy atom. The number of hydrogen-bond acceptors (Lipinski definition) is 4. The number of carbonyl (C=O) groups excluding carboxylic acids is 1. The summed E-state index contributed by atoms with van der Waals surface area (Å²) in [6.07, 6.45) is 2.89. The van der Waals surface area contributed by atoms with Crippen molar-refractivity contribution >= 4 is 5.91 Å². The largest absolute Gasteiger partial charge is 0.475 e. The molecule has 1 atom stereocenters. The molecule has 1 aliphatic heterocycles. The lowest BCUT2D eigenvalue weighted by Crippen LogP contribution is -2.31. The zero-order chi connectivity index (χ0) is 11.4. The number of amides is 1. The summed E-state index contributed by atoms with van der Waals surface area (Å²) in [5.41, 5.74) is 0.409. The van der Waals surface area contributed by atoms with Crippen LogP contribution in [-0.4, -0.2) is 23.5 Å². The topological polar surface area (TPSA) is 75.0 Å². The number of carbonyl (C=O) groups is 1. The Bertz CT molecular complexity index is 439. The van der Waals surface area contributed by atoms with Crippen molar-refractivity contribution in [3.05, 3.63) is 23.9 Å². The summed E-state index contributed by atoms with van der Waals surface area (Å²) in [6.45, 7) is 0.359. The molecule has 82 valence electrons. The molecule has 2 rings (SSSR count). The molecular formula is C11H11N3O2. The van der Waals surface area contributed by atoms with Crippen LogP contribution in [0.2, 0.25) is 0 Å². The summed E-state index contributed by atoms with van der Waals surface area (Å²) in [7, 11) is 0. The van der Waals surface area contributed by atoms with Crippen molar-refractivity contribution < 1.29 is 9.53 Å². The van der Waals surface area contributed by atoms with Crippen LogP contribution >= 0.6 is 0 Å². The van der Waals surface area contributed by atoms with Gasteiger partial charge in [-0.1, -0.05) is 0 Å². The molecule has 1 fully saturated rings. The molecule has 0 spiro atoms. The lowest BCUT2D eigenvalue weighted by Gasteiger charge is -2.11. The van der Waals surface area contributed by atoms with Gasteiger partial charge in [0.2, 0.25) is 11.8 Å². The number of pyridine rings is 1. The molecule has 1 aromatic heterocycles. The van der Waals surface area contributed by atoms with Gasteiger partial charge < -0.3 is 10.1 Å². The number of ether oxygens (including phenoxy) is 1. The quantitative estimate of drug-likeness (QED) is 0.804. The van der Waals surface area contributed by atoms with Crippen LogP contribution in [-0.2, 0) is 4.79 Å². The minimum absolute atomic E-state index is 0.0287. The molecule has 0 bridgehead atoms. The molecule has 0 radical (unpaired) electrons. The van der Waals surface area contributed by atoms with Crippen LogP contribution < -0.4 is 10.1 Å². The summed E-state index contributed by atoms with van der Waals surface area (Å²) in [5.74, 6) is 0.376. The number of aromatic nitrogens is 1. The monoisotopic (exact) mass is 217 g/mol. The Morgan fingerprint density at radius 3 is 3.25 bits per heavy atom. The summed E-state index contributed by atoms with van der Waals surface area (Å²) < 4.78 is 5.41. The van der Waals surface area contributed by atoms with E-state index in [9.17, 15) is 4.79 Å². The van der Waals surface area contributed by atoms with E-state index in [2.05, 4.69) is 10.3 Å². The van der Waals surface area contributed by atoms with Gasteiger partial charge >= 0.3 is 0 Å². The van der Waals surface area contributed by atoms with Crippen LogP contribution in [0.5, 0.6) is 5.88 Å². The van der Waals surface area contributed by atoms with Crippen LogP contribution in [0, 0.1) is 11.3 Å². The predicted octanol–water partition coefficient (Wildman–Crippen LogP) is 0.611. The highest BCUT2D eigenvalue weighted by Crippen LogP contribution is 2.14. The van der Waals surface area contributed by atoms with Crippen molar-refractivity contribution in [2.45, 2.75) is 18.9 Å². The van der Waals surface area contributed by atoms with Crippen LogP contribution in [0.25, 0.3) is 0 Å². The highest BCUT2D eigenvalue weighted by Gasteiger charge is 2.21. The van der Waals surface area contributed by atoms with Crippen LogP contribution in [0.4, 0.5) is 0 Å². The zero-order valence-corrected chi connectivity index (χ0v) is 8.64. The fourth-order valence-electron chi connectivity index (χ4n) is 1.57. The zero-order valence-electron chi connectivity index (χ0n) is 8.64. The summed E-state index contributed by atoms with van der Waals surface area (Å²) in [5, 5.41) is 11.6. The van der Waals surface area contributed by atoms with E-state index in [0.29, 0.717) is 24.5 Å². The molecule has 0 saturated carbocycles. The normalized spacial score (nSPS) is 18.9. The molecule has 1 aromatic rings. The molecule has 16 heavy (non-hydrogen) atoms. The maximum atomic E-state index is 11.0. The number of nitrogens with zero attached hydrogens (tertiary/aromatic N) is 2. The molecule has 5 heteroatoms. The minimum atomic E-state index is 0.0287. The standard InChI is InChI=1S/C11H11N3O2/c12-6-8-2-1-5-13-11(8)16-7-9-3-4-10(15)14-9/h1-2,5,9H,3-4,7H2,(H,14,15). The van der Waals surface area contributed by atoms with E-state index in [1.807, 2.05) is 6.07 Å². The third-order valence-electron chi connectivity index (χ3n) is 2.40. The minimum Gasteiger partial charge on any atom is -0.475 e. The molecule has 1 saturated heterocycles. The first-order valence-corrected chi connectivity index (χ1v) is 5.07. The molecule has 1 aliphatic rings. The van der Waals surface area contributed by atoms with Crippen molar-refractivity contribution in [1.29, 1.82) is 5.26 Å². The maximum absolute atomic E-state index is 11.0. The fraction of sp³-hybridized carbons (Fsp3) is 0.364. The molecule has 2 heterocycles. The van der Waals surface area contributed by atoms with E-state index in [1.165, 1.54) is 0 Å². The SMILES string of the molecule is N#Cc1cccnc1OCC1CCC(=O)N1. The Kier molecular flexibility index (Phi) is 3.01. The Labute approximate surface area is 93.1 Å². The van der Waals surface area contributed by atoms with Gasteiger partial charge in [-0.15, -0.1) is 0 Å². The molecule has 0 aliphatic carbocycles. The first-order valence-electron chi connectivity index (χ1n) is 5.07. The maximum Gasteiger partial charge on any atom is 0.231 e. The molecule has 5 nitrogen and oxygen atoms in total. The Hall–Kier alpha value is -2.09. The van der Waals surface area contributed by atoms with E-state index >= 15 is 0 Å². The van der Waals surface area contributed by atoms with Gasteiger partial charge in [-0.25, -0.2) is 4.98 Å². The fourth-order valence-corrected chi connectivity index (χ4v) is 1.57. The lowest BCUT2D eigenvalue weighted by molar-refractivity contribution is -0.119. The third kappa shape index (κ3) is 2.28. The van der Waals surface area contributed by atoms with Crippen LogP contribution in [0.15, 0.2) is 18.3 Å². The van der Waals surface area contributed by atoms with Crippen molar-refractivity contribution in [2.24, 2.45) is 0 Å². The Balaban J connectivity index is 1.95. The van der Waals surface area contributed by atoms with E-state index in [-0.39, 0.29) is 11.9 Å². The number of hydrogen-bond donors (Lipinski definition) is 1. The van der Waals surface area contributed by atoms with Crippen LogP contribution in [0.1, 0.15) is 18.4 Å². The smallest absolute Gasteiger partial charge is 0.231 e. The highest BCUT2D eigenvalue weighted by molar-refractivity contribution is 5.78. The van der Waals surface area contributed by atoms with Crippen LogP contribution in [0.3, 0.4) is 0 Å². The van der Waals surface area contributed by atoms with Gasteiger partial charge in [0, 0.05) is 12.6 Å². The van der Waals surface area contributed by atoms with E-state index in [1.54, 1.807) is 18.3 Å². The molecule has 1 amide bonds. The number of rotatable bonds is 3. The van der Waals surface area contributed by atoms with Gasteiger partial charge in [-0.2, -0.15) is 5.26 Å². The van der Waals surface area contributed by atoms with Crippen molar-refractivity contribution in [3.8, 4) is 11.9 Å². The summed E-state index contributed by atoms with van der Waals surface area (Å²) in [6, 6.07) is 5.37. The molecule has 1 unspecified atom stereocenters. The predicted molar refractivity (Wildman–Crippen MR) is 55.6 cm³/mol. The second-order valence-electron chi connectivity index (χ2n) is 3.58. The van der Waals surface area contributed by atoms with Gasteiger partial charge in [0.25, 0.3) is 0 Å². The van der Waals surface area contributed by atoms with Gasteiger partial charge in [-0.05, 0) is 18.6 Å². The highest BCUT2D eigenvalue weighted by atomic mass is 16.5. The van der Waals surface area contributed by atoms with Crippen molar-refractivity contribution in [2.75, 3.05) is 6.61 Å². The lowest BCUT2D eigenvalue weighted by atomic mass is 10.2. The average molecular weight is 217 g/mol. The van der Waals surface area contributed by atoms with E-state index < -0.39 is 0 Å². The molecule has 0 aromatic carbocycles. The van der Waals surface area contributed by atoms with Crippen molar-refractivity contribution in [1.82, 2.24) is 10.3 Å². The Morgan fingerprint density at radius 1 is 1.69 bits per heavy atom. The first kappa shape index (κ1) is 10.4. The van der Waals surface area contributed by atoms with Gasteiger partial charge in [0.05, 0.1) is 6.04 Å². The van der Waals surface area contributed by atoms with Gasteiger partial charge in [-0.3, -0.25) is 4.79 Å². The number of nitrogens with one attached hydrogen (secondary N) is 1.